The molecule has 0 aliphatic carbocycles. The van der Waals surface area contributed by atoms with Crippen molar-refractivity contribution in [1.29, 1.82) is 0 Å². The fourth-order valence-electron chi connectivity index (χ4n) is 2.48. The third-order valence-corrected chi connectivity index (χ3v) is 4.64. The van der Waals surface area contributed by atoms with E-state index in [1.807, 2.05) is 30.3 Å². The van der Waals surface area contributed by atoms with Gasteiger partial charge in [0.25, 0.3) is 0 Å². The Morgan fingerprint density at radius 1 is 1.04 bits per heavy atom. The molecule has 0 atom stereocenters. The molecular formula is C19H24FN3O2S. The Bertz CT molecular complexity index is 849. The maximum Gasteiger partial charge on any atom is 0.191 e. The average Bonchev–Trinajstić information content (AvgIpc) is 2.59. The molecule has 7 heteroatoms. The van der Waals surface area contributed by atoms with E-state index in [9.17, 15) is 12.8 Å². The Balaban J connectivity index is 1.80. The second-order valence-electron chi connectivity index (χ2n) is 6.08. The Morgan fingerprint density at radius 3 is 2.31 bits per heavy atom. The molecule has 2 rings (SSSR count). The molecule has 0 unspecified atom stereocenters. The normalized spacial score (nSPS) is 12.0. The molecule has 0 fully saturated rings. The van der Waals surface area contributed by atoms with E-state index in [-0.39, 0.29) is 11.6 Å². The molecule has 0 radical (unpaired) electrons. The van der Waals surface area contributed by atoms with E-state index in [4.69, 9.17) is 0 Å². The van der Waals surface area contributed by atoms with Crippen LogP contribution in [0.15, 0.2) is 53.5 Å². The quantitative estimate of drug-likeness (QED) is 0.574. The summed E-state index contributed by atoms with van der Waals surface area (Å²) in [6, 6.07) is 14.1. The second kappa shape index (κ2) is 9.33. The predicted molar refractivity (Wildman–Crippen MR) is 103 cm³/mol. The minimum Gasteiger partial charge on any atom is -0.356 e. The van der Waals surface area contributed by atoms with E-state index in [0.717, 1.165) is 11.1 Å². The summed E-state index contributed by atoms with van der Waals surface area (Å²) in [7, 11) is -1.35. The highest BCUT2D eigenvalue weighted by Gasteiger charge is 2.05. The van der Waals surface area contributed by atoms with Crippen LogP contribution in [0.25, 0.3) is 0 Å². The monoisotopic (exact) mass is 377 g/mol. The lowest BCUT2D eigenvalue weighted by atomic mass is 10.1. The Hall–Kier alpha value is -2.41. The third-order valence-electron chi connectivity index (χ3n) is 3.78. The number of rotatable bonds is 7. The van der Waals surface area contributed by atoms with Crippen LogP contribution >= 0.6 is 0 Å². The molecule has 0 heterocycles. The number of sulfone groups is 1. The van der Waals surface area contributed by atoms with E-state index in [0.29, 0.717) is 31.0 Å². The number of hydrogen-bond acceptors (Lipinski definition) is 3. The lowest BCUT2D eigenvalue weighted by Crippen LogP contribution is -2.37. The SMILES string of the molecule is CN=C(NCCc1ccccc1F)NCc1ccc(CS(C)(=O)=O)cc1. The van der Waals surface area contributed by atoms with E-state index >= 15 is 0 Å². The van der Waals surface area contributed by atoms with Crippen molar-refractivity contribution in [2.24, 2.45) is 4.99 Å². The van der Waals surface area contributed by atoms with E-state index in [1.165, 1.54) is 12.3 Å². The van der Waals surface area contributed by atoms with Gasteiger partial charge in [-0.1, -0.05) is 42.5 Å². The molecule has 5 nitrogen and oxygen atoms in total. The number of benzene rings is 2. The van der Waals surface area contributed by atoms with Crippen molar-refractivity contribution in [2.45, 2.75) is 18.7 Å². The van der Waals surface area contributed by atoms with Gasteiger partial charge in [0, 0.05) is 26.4 Å². The zero-order chi connectivity index (χ0) is 19.0. The van der Waals surface area contributed by atoms with Gasteiger partial charge in [0.05, 0.1) is 5.75 Å². The van der Waals surface area contributed by atoms with E-state index in [1.54, 1.807) is 19.2 Å². The lowest BCUT2D eigenvalue weighted by Gasteiger charge is -2.12. The largest absolute Gasteiger partial charge is 0.356 e. The molecule has 2 aromatic carbocycles. The maximum atomic E-state index is 13.6. The van der Waals surface area contributed by atoms with Gasteiger partial charge >= 0.3 is 0 Å². The number of guanidine groups is 1. The number of hydrogen-bond donors (Lipinski definition) is 2. The van der Waals surface area contributed by atoms with Gasteiger partial charge in [-0.05, 0) is 29.2 Å². The van der Waals surface area contributed by atoms with Crippen LogP contribution in [0.5, 0.6) is 0 Å². The molecule has 0 amide bonds. The van der Waals surface area contributed by atoms with Crippen LogP contribution in [0.3, 0.4) is 0 Å². The topological polar surface area (TPSA) is 70.6 Å². The van der Waals surface area contributed by atoms with Crippen LogP contribution in [-0.2, 0) is 28.6 Å². The minimum atomic E-state index is -3.03. The molecule has 0 spiro atoms. The fraction of sp³-hybridized carbons (Fsp3) is 0.316. The molecule has 0 saturated carbocycles. The van der Waals surface area contributed by atoms with Crippen molar-refractivity contribution in [3.8, 4) is 0 Å². The Labute approximate surface area is 154 Å². The van der Waals surface area contributed by atoms with E-state index < -0.39 is 9.84 Å². The summed E-state index contributed by atoms with van der Waals surface area (Å²) in [6.45, 7) is 1.12. The average molecular weight is 377 g/mol. The van der Waals surface area contributed by atoms with Crippen LogP contribution in [0, 0.1) is 5.82 Å². The molecule has 26 heavy (non-hydrogen) atoms. The minimum absolute atomic E-state index is 0.0416. The van der Waals surface area contributed by atoms with Crippen molar-refractivity contribution in [3.63, 3.8) is 0 Å². The van der Waals surface area contributed by atoms with Gasteiger partial charge in [-0.3, -0.25) is 4.99 Å². The van der Waals surface area contributed by atoms with Crippen LogP contribution in [0.1, 0.15) is 16.7 Å². The summed E-state index contributed by atoms with van der Waals surface area (Å²) in [4.78, 5) is 4.14. The van der Waals surface area contributed by atoms with Gasteiger partial charge in [0.15, 0.2) is 15.8 Å². The summed E-state index contributed by atoms with van der Waals surface area (Å²) in [5.74, 6) is 0.466. The first-order valence-corrected chi connectivity index (χ1v) is 10.4. The summed E-state index contributed by atoms with van der Waals surface area (Å²) < 4.78 is 36.2. The highest BCUT2D eigenvalue weighted by Crippen LogP contribution is 2.08. The van der Waals surface area contributed by atoms with Crippen molar-refractivity contribution in [3.05, 3.63) is 71.0 Å². The van der Waals surface area contributed by atoms with Crippen molar-refractivity contribution in [1.82, 2.24) is 10.6 Å². The van der Waals surface area contributed by atoms with Crippen LogP contribution < -0.4 is 10.6 Å². The van der Waals surface area contributed by atoms with Crippen LogP contribution in [0.4, 0.5) is 4.39 Å². The van der Waals surface area contributed by atoms with Gasteiger partial charge in [0.2, 0.25) is 0 Å². The highest BCUT2D eigenvalue weighted by atomic mass is 32.2. The predicted octanol–water partition coefficient (Wildman–Crippen LogP) is 2.28. The zero-order valence-electron chi connectivity index (χ0n) is 15.0. The molecule has 0 aromatic heterocycles. The zero-order valence-corrected chi connectivity index (χ0v) is 15.8. The molecular weight excluding hydrogens is 353 g/mol. The third kappa shape index (κ3) is 6.84. The maximum absolute atomic E-state index is 13.6. The number of halogens is 1. The molecule has 0 saturated heterocycles. The fourth-order valence-corrected chi connectivity index (χ4v) is 3.28. The second-order valence-corrected chi connectivity index (χ2v) is 8.22. The first-order chi connectivity index (χ1) is 12.4. The van der Waals surface area contributed by atoms with Crippen molar-refractivity contribution >= 4 is 15.8 Å². The number of nitrogens with one attached hydrogen (secondary N) is 2. The first-order valence-electron chi connectivity index (χ1n) is 8.31. The highest BCUT2D eigenvalue weighted by molar-refractivity contribution is 7.89. The molecule has 0 aliphatic rings. The van der Waals surface area contributed by atoms with Crippen LogP contribution in [0.2, 0.25) is 0 Å². The molecule has 140 valence electrons. The summed E-state index contributed by atoms with van der Waals surface area (Å²) >= 11 is 0. The number of nitrogens with zero attached hydrogens (tertiary/aromatic N) is 1. The molecule has 0 bridgehead atoms. The van der Waals surface area contributed by atoms with Gasteiger partial charge in [-0.2, -0.15) is 0 Å². The summed E-state index contributed by atoms with van der Waals surface area (Å²) in [6.07, 6.45) is 1.78. The van der Waals surface area contributed by atoms with Gasteiger partial charge in [-0.25, -0.2) is 12.8 Å². The smallest absolute Gasteiger partial charge is 0.191 e. The Kier molecular flexibility index (Phi) is 7.15. The first kappa shape index (κ1) is 19.9. The molecule has 2 aromatic rings. The standard InChI is InChI=1S/C19H24FN3O2S/c1-21-19(22-12-11-17-5-3-4-6-18(17)20)23-13-15-7-9-16(10-8-15)14-26(2,24)25/h3-10H,11-14H2,1-2H3,(H2,21,22,23). The molecule has 2 N–H and O–H groups in total. The van der Waals surface area contributed by atoms with Gasteiger partial charge in [0.1, 0.15) is 5.82 Å². The van der Waals surface area contributed by atoms with Crippen molar-refractivity contribution < 1.29 is 12.8 Å². The summed E-state index contributed by atoms with van der Waals surface area (Å²) in [5, 5.41) is 6.33. The van der Waals surface area contributed by atoms with Crippen molar-refractivity contribution in [2.75, 3.05) is 19.8 Å². The van der Waals surface area contributed by atoms with Gasteiger partial charge < -0.3 is 10.6 Å². The van der Waals surface area contributed by atoms with Crippen LogP contribution in [-0.4, -0.2) is 34.2 Å². The Morgan fingerprint density at radius 2 is 1.69 bits per heavy atom. The summed E-state index contributed by atoms with van der Waals surface area (Å²) in [5.41, 5.74) is 2.44. The number of aliphatic imine (C=N–C) groups is 1. The van der Waals surface area contributed by atoms with E-state index in [2.05, 4.69) is 15.6 Å². The lowest BCUT2D eigenvalue weighted by molar-refractivity contribution is 0.601. The molecule has 0 aliphatic heterocycles. The van der Waals surface area contributed by atoms with Gasteiger partial charge in [-0.15, -0.1) is 0 Å².